The Kier molecular flexibility index (Phi) is 7.74. The fourth-order valence-electron chi connectivity index (χ4n) is 2.27. The van der Waals surface area contributed by atoms with Gasteiger partial charge in [0.2, 0.25) is 0 Å². The van der Waals surface area contributed by atoms with Crippen molar-refractivity contribution in [2.75, 3.05) is 26.5 Å². The Morgan fingerprint density at radius 1 is 1.07 bits per heavy atom. The fourth-order valence-corrected chi connectivity index (χ4v) is 3.51. The van der Waals surface area contributed by atoms with Gasteiger partial charge in [0.15, 0.2) is 0 Å². The van der Waals surface area contributed by atoms with Gasteiger partial charge in [0.25, 0.3) is 5.91 Å². The number of ether oxygens (including phenoxy) is 3. The summed E-state index contributed by atoms with van der Waals surface area (Å²) in [5, 5.41) is 2.46. The zero-order valence-electron chi connectivity index (χ0n) is 15.4. The van der Waals surface area contributed by atoms with Crippen LogP contribution in [0.1, 0.15) is 36.0 Å². The fraction of sp³-hybridized carbons (Fsp3) is 0.222. The maximum atomic E-state index is 12.0. The Bertz CT molecular complexity index is 940. The van der Waals surface area contributed by atoms with Crippen molar-refractivity contribution in [3.05, 3.63) is 50.3 Å². The molecule has 0 spiro atoms. The molecule has 2 rings (SSSR count). The summed E-state index contributed by atoms with van der Waals surface area (Å²) < 4.78 is 15.2. The Balaban J connectivity index is 2.05. The molecule has 0 aliphatic rings. The van der Waals surface area contributed by atoms with E-state index >= 15 is 0 Å². The molecular formula is C18H17BrN2O7S. The molecule has 0 saturated heterocycles. The lowest BCUT2D eigenvalue weighted by Gasteiger charge is -2.09. The lowest BCUT2D eigenvalue weighted by molar-refractivity contribution is -0.143. The highest BCUT2D eigenvalue weighted by molar-refractivity contribution is 9.10. The summed E-state index contributed by atoms with van der Waals surface area (Å²) >= 11 is 4.09. The average Bonchev–Trinajstić information content (AvgIpc) is 3.05. The van der Waals surface area contributed by atoms with E-state index in [0.29, 0.717) is 5.56 Å². The van der Waals surface area contributed by atoms with E-state index in [1.165, 1.54) is 7.11 Å². The number of amides is 1. The van der Waals surface area contributed by atoms with E-state index in [4.69, 9.17) is 10.5 Å². The van der Waals surface area contributed by atoms with Crippen LogP contribution in [0.3, 0.4) is 0 Å². The first-order valence-electron chi connectivity index (χ1n) is 8.05. The number of nitrogens with two attached hydrogens (primary N) is 1. The van der Waals surface area contributed by atoms with E-state index in [0.717, 1.165) is 22.9 Å². The highest BCUT2D eigenvalue weighted by atomic mass is 79.9. The summed E-state index contributed by atoms with van der Waals surface area (Å²) in [6.45, 7) is -0.828. The summed E-state index contributed by atoms with van der Waals surface area (Å²) in [5.41, 5.74) is 6.19. The highest BCUT2D eigenvalue weighted by Crippen LogP contribution is 2.33. The normalized spacial score (nSPS) is 10.2. The number of halogens is 1. The molecule has 1 aromatic carbocycles. The predicted molar refractivity (Wildman–Crippen MR) is 108 cm³/mol. The second kappa shape index (κ2) is 10.0. The number of rotatable bonds is 7. The number of methoxy groups -OCH3 is 2. The summed E-state index contributed by atoms with van der Waals surface area (Å²) in [6, 6.07) is 6.56. The molecule has 154 valence electrons. The number of benzene rings is 1. The largest absolute Gasteiger partial charge is 0.465 e. The number of carbonyl (C=O) groups excluding carboxylic acids is 4. The third-order valence-electron chi connectivity index (χ3n) is 3.67. The monoisotopic (exact) mass is 484 g/mol. The van der Waals surface area contributed by atoms with Gasteiger partial charge in [-0.05, 0) is 24.3 Å². The number of nitrogens with one attached hydrogen (secondary N) is 1. The maximum Gasteiger partial charge on any atom is 0.348 e. The predicted octanol–water partition coefficient (Wildman–Crippen LogP) is 2.14. The van der Waals surface area contributed by atoms with Crippen LogP contribution >= 0.6 is 27.3 Å². The Labute approximate surface area is 178 Å². The number of hydrogen-bond acceptors (Lipinski definition) is 9. The van der Waals surface area contributed by atoms with Gasteiger partial charge >= 0.3 is 17.9 Å². The Morgan fingerprint density at radius 2 is 1.69 bits per heavy atom. The van der Waals surface area contributed by atoms with Crippen LogP contribution in [-0.4, -0.2) is 44.6 Å². The molecule has 1 aromatic heterocycles. The molecule has 0 bridgehead atoms. The van der Waals surface area contributed by atoms with Crippen LogP contribution in [0.4, 0.5) is 5.00 Å². The van der Waals surface area contributed by atoms with Crippen LogP contribution in [0.25, 0.3) is 0 Å². The van der Waals surface area contributed by atoms with Crippen LogP contribution in [0.5, 0.6) is 0 Å². The van der Waals surface area contributed by atoms with Crippen molar-refractivity contribution in [1.29, 1.82) is 0 Å². The number of hydrogen-bond donors (Lipinski definition) is 2. The molecule has 11 heteroatoms. The van der Waals surface area contributed by atoms with E-state index in [2.05, 4.69) is 30.7 Å². The second-order valence-electron chi connectivity index (χ2n) is 5.48. The molecule has 1 amide bonds. The van der Waals surface area contributed by atoms with Crippen LogP contribution in [-0.2, 0) is 25.6 Å². The van der Waals surface area contributed by atoms with Crippen molar-refractivity contribution >= 4 is 56.1 Å². The van der Waals surface area contributed by atoms with E-state index in [1.54, 1.807) is 24.3 Å². The lowest BCUT2D eigenvalue weighted by atomic mass is 10.1. The standard InChI is InChI=1S/C18H17BrN2O7S/c1-26-17(24)13-11(14(18(25)27-2)29-15(13)20)8-28-12(22)7-21-16(23)9-3-5-10(19)6-4-9/h3-6H,7-8,20H2,1-2H3,(H,21,23). The van der Waals surface area contributed by atoms with Crippen LogP contribution < -0.4 is 11.1 Å². The number of esters is 3. The van der Waals surface area contributed by atoms with Gasteiger partial charge in [0.1, 0.15) is 28.6 Å². The van der Waals surface area contributed by atoms with Gasteiger partial charge < -0.3 is 25.3 Å². The molecule has 1 heterocycles. The van der Waals surface area contributed by atoms with Crippen molar-refractivity contribution in [3.8, 4) is 0 Å². The summed E-state index contributed by atoms with van der Waals surface area (Å²) in [6.07, 6.45) is 0. The third-order valence-corrected chi connectivity index (χ3v) is 5.24. The summed E-state index contributed by atoms with van der Waals surface area (Å²) in [4.78, 5) is 48.0. The number of thiophene rings is 1. The number of nitrogen functional groups attached to an aromatic ring is 1. The second-order valence-corrected chi connectivity index (χ2v) is 7.45. The molecule has 0 aliphatic carbocycles. The van der Waals surface area contributed by atoms with Crippen molar-refractivity contribution < 1.29 is 33.4 Å². The van der Waals surface area contributed by atoms with Crippen LogP contribution in [0.2, 0.25) is 0 Å². The molecule has 0 unspecified atom stereocenters. The molecule has 0 radical (unpaired) electrons. The van der Waals surface area contributed by atoms with E-state index in [-0.39, 0.29) is 21.0 Å². The van der Waals surface area contributed by atoms with Crippen molar-refractivity contribution in [2.45, 2.75) is 6.61 Å². The smallest absolute Gasteiger partial charge is 0.348 e. The minimum Gasteiger partial charge on any atom is -0.465 e. The average molecular weight is 485 g/mol. The number of carbonyl (C=O) groups is 4. The zero-order chi connectivity index (χ0) is 21.6. The van der Waals surface area contributed by atoms with Gasteiger partial charge in [-0.15, -0.1) is 11.3 Å². The first-order valence-corrected chi connectivity index (χ1v) is 9.66. The molecule has 29 heavy (non-hydrogen) atoms. The van der Waals surface area contributed by atoms with Crippen LogP contribution in [0.15, 0.2) is 28.7 Å². The first kappa shape index (κ1) is 22.4. The third kappa shape index (κ3) is 5.55. The molecule has 3 N–H and O–H groups in total. The lowest BCUT2D eigenvalue weighted by Crippen LogP contribution is -2.30. The van der Waals surface area contributed by atoms with E-state index < -0.39 is 37.0 Å². The first-order chi connectivity index (χ1) is 13.8. The highest BCUT2D eigenvalue weighted by Gasteiger charge is 2.28. The SMILES string of the molecule is COC(=O)c1sc(N)c(C(=O)OC)c1COC(=O)CNC(=O)c1ccc(Br)cc1. The van der Waals surface area contributed by atoms with Crippen molar-refractivity contribution in [2.24, 2.45) is 0 Å². The Morgan fingerprint density at radius 3 is 2.28 bits per heavy atom. The minimum absolute atomic E-state index is 0.0251. The zero-order valence-corrected chi connectivity index (χ0v) is 17.8. The Hall–Kier alpha value is -2.92. The molecule has 0 fully saturated rings. The number of anilines is 1. The van der Waals surface area contributed by atoms with Gasteiger partial charge in [0, 0.05) is 15.6 Å². The molecule has 9 nitrogen and oxygen atoms in total. The van der Waals surface area contributed by atoms with Gasteiger partial charge in [-0.1, -0.05) is 15.9 Å². The molecule has 0 atom stereocenters. The van der Waals surface area contributed by atoms with Crippen LogP contribution in [0, 0.1) is 0 Å². The van der Waals surface area contributed by atoms with Crippen molar-refractivity contribution in [1.82, 2.24) is 5.32 Å². The molecular weight excluding hydrogens is 468 g/mol. The van der Waals surface area contributed by atoms with E-state index in [1.807, 2.05) is 0 Å². The van der Waals surface area contributed by atoms with Gasteiger partial charge in [-0.25, -0.2) is 9.59 Å². The quantitative estimate of drug-likeness (QED) is 0.450. The molecule has 0 aliphatic heterocycles. The van der Waals surface area contributed by atoms with Gasteiger partial charge in [0.05, 0.1) is 14.2 Å². The van der Waals surface area contributed by atoms with Crippen molar-refractivity contribution in [3.63, 3.8) is 0 Å². The van der Waals surface area contributed by atoms with Gasteiger partial charge in [-0.2, -0.15) is 0 Å². The van der Waals surface area contributed by atoms with Gasteiger partial charge in [-0.3, -0.25) is 9.59 Å². The molecule has 0 saturated carbocycles. The summed E-state index contributed by atoms with van der Waals surface area (Å²) in [7, 11) is 2.33. The maximum absolute atomic E-state index is 12.0. The molecule has 2 aromatic rings. The minimum atomic E-state index is -0.775. The summed E-state index contributed by atoms with van der Waals surface area (Å²) in [5.74, 6) is -2.73. The topological polar surface area (TPSA) is 134 Å². The van der Waals surface area contributed by atoms with E-state index in [9.17, 15) is 19.2 Å².